The van der Waals surface area contributed by atoms with Crippen molar-refractivity contribution in [3.8, 4) is 0 Å². The molecule has 0 amide bonds. The van der Waals surface area contributed by atoms with Gasteiger partial charge in [-0.2, -0.15) is 0 Å². The van der Waals surface area contributed by atoms with Crippen LogP contribution in [0.3, 0.4) is 0 Å². The van der Waals surface area contributed by atoms with Gasteiger partial charge in [0.25, 0.3) is 0 Å². The van der Waals surface area contributed by atoms with Gasteiger partial charge in [-0.05, 0) is 43.7 Å². The van der Waals surface area contributed by atoms with Gasteiger partial charge in [-0.3, -0.25) is 0 Å². The summed E-state index contributed by atoms with van der Waals surface area (Å²) in [5.74, 6) is 3.03. The van der Waals surface area contributed by atoms with Crippen molar-refractivity contribution in [2.75, 3.05) is 0 Å². The third-order valence-electron chi connectivity index (χ3n) is 4.35. The van der Waals surface area contributed by atoms with Gasteiger partial charge in [0.1, 0.15) is 0 Å². The first-order valence-electron chi connectivity index (χ1n) is 8.75. The number of para-hydroxylation sites is 1. The fourth-order valence-electron chi connectivity index (χ4n) is 3.18. The van der Waals surface area contributed by atoms with Crippen molar-refractivity contribution in [1.82, 2.24) is 0 Å². The molecule has 0 radical (unpaired) electrons. The van der Waals surface area contributed by atoms with Crippen LogP contribution in [-0.2, 0) is 0 Å². The Morgan fingerprint density at radius 3 is 1.80 bits per heavy atom. The number of benzene rings is 2. The molecule has 0 saturated carbocycles. The van der Waals surface area contributed by atoms with Gasteiger partial charge >= 0.3 is 18.9 Å². The molecule has 0 aliphatic carbocycles. The van der Waals surface area contributed by atoms with Crippen molar-refractivity contribution in [3.05, 3.63) is 63.5 Å². The summed E-state index contributed by atoms with van der Waals surface area (Å²) in [5.41, 5.74) is 7.87. The molecule has 128 valence electrons. The zero-order chi connectivity index (χ0) is 17.9. The fourth-order valence-corrected chi connectivity index (χ4v) is 4.01. The van der Waals surface area contributed by atoms with Crippen LogP contribution < -0.4 is 24.2 Å². The van der Waals surface area contributed by atoms with Crippen molar-refractivity contribution in [2.24, 2.45) is 0 Å². The van der Waals surface area contributed by atoms with E-state index in [1.54, 1.807) is 0 Å². The standard InChI is InChI=1S/C22H29NP.Li/c1-14(2)19-9-8-10-20(15(3)4)21(19)23-13-24-22-17(6)11-16(5)12-18(22)7;/h8-15H,1-7H3;/q-1;+1. The van der Waals surface area contributed by atoms with Gasteiger partial charge in [-0.15, -0.1) is 11.6 Å². The van der Waals surface area contributed by atoms with E-state index in [-0.39, 0.29) is 18.9 Å². The summed E-state index contributed by atoms with van der Waals surface area (Å²) in [4.78, 5) is 0. The zero-order valence-electron chi connectivity index (χ0n) is 17.0. The van der Waals surface area contributed by atoms with E-state index in [4.69, 9.17) is 5.32 Å². The van der Waals surface area contributed by atoms with Crippen LogP contribution in [0.2, 0.25) is 0 Å². The Morgan fingerprint density at radius 2 is 1.36 bits per heavy atom. The van der Waals surface area contributed by atoms with Crippen LogP contribution in [0, 0.1) is 20.8 Å². The summed E-state index contributed by atoms with van der Waals surface area (Å²) in [6, 6.07) is 11.1. The van der Waals surface area contributed by atoms with Crippen molar-refractivity contribution in [2.45, 2.75) is 60.3 Å². The first-order chi connectivity index (χ1) is 11.3. The normalized spacial score (nSPS) is 11.2. The maximum atomic E-state index is 4.91. The van der Waals surface area contributed by atoms with E-state index in [2.05, 4.69) is 84.7 Å². The summed E-state index contributed by atoms with van der Waals surface area (Å²) in [5, 5.41) is 6.28. The Hall–Kier alpha value is -0.993. The predicted octanol–water partition coefficient (Wildman–Crippen LogP) is 3.90. The van der Waals surface area contributed by atoms with Gasteiger partial charge < -0.3 is 5.32 Å². The molecular formula is C22H29LiNP. The van der Waals surface area contributed by atoms with Crippen molar-refractivity contribution >= 4 is 25.1 Å². The Kier molecular flexibility index (Phi) is 8.50. The van der Waals surface area contributed by atoms with E-state index in [1.165, 1.54) is 41.3 Å². The molecule has 0 saturated heterocycles. The molecule has 0 fully saturated rings. The van der Waals surface area contributed by atoms with Crippen LogP contribution in [0.5, 0.6) is 0 Å². The maximum absolute atomic E-state index is 4.91. The molecule has 0 aromatic heterocycles. The van der Waals surface area contributed by atoms with Crippen LogP contribution in [0.4, 0.5) is 5.69 Å². The van der Waals surface area contributed by atoms with E-state index in [1.807, 2.05) is 0 Å². The minimum Gasteiger partial charge on any atom is -0.660 e. The minimum atomic E-state index is 0. The van der Waals surface area contributed by atoms with E-state index in [9.17, 15) is 0 Å². The second kappa shape index (κ2) is 9.64. The largest absolute Gasteiger partial charge is 1.00 e. The molecule has 0 aliphatic rings. The Bertz CT molecular complexity index is 698. The summed E-state index contributed by atoms with van der Waals surface area (Å²) < 4.78 is 0. The van der Waals surface area contributed by atoms with Crippen LogP contribution in [-0.4, -0.2) is 5.92 Å². The smallest absolute Gasteiger partial charge is 0.660 e. The zero-order valence-corrected chi connectivity index (χ0v) is 17.9. The average molecular weight is 345 g/mol. The molecule has 1 nitrogen and oxygen atoms in total. The Balaban J connectivity index is 0.00000312. The molecule has 0 aliphatic heterocycles. The molecule has 2 rings (SSSR count). The van der Waals surface area contributed by atoms with Crippen LogP contribution in [0.25, 0.3) is 5.32 Å². The Labute approximate surface area is 167 Å². The molecule has 3 heteroatoms. The number of nitrogens with zero attached hydrogens (tertiary/aromatic N) is 1. The van der Waals surface area contributed by atoms with Crippen LogP contribution in [0.1, 0.15) is 67.3 Å². The van der Waals surface area contributed by atoms with Gasteiger partial charge in [0.05, 0.1) is 0 Å². The first-order valence-corrected chi connectivity index (χ1v) is 9.71. The predicted molar refractivity (Wildman–Crippen MR) is 111 cm³/mol. The number of aryl methyl sites for hydroxylation is 3. The third kappa shape index (κ3) is 5.49. The monoisotopic (exact) mass is 345 g/mol. The van der Waals surface area contributed by atoms with E-state index in [0.29, 0.717) is 11.8 Å². The molecule has 2 aromatic carbocycles. The Morgan fingerprint density at radius 1 is 0.880 bits per heavy atom. The first kappa shape index (κ1) is 22.0. The van der Waals surface area contributed by atoms with Crippen LogP contribution >= 0.6 is 8.20 Å². The minimum absolute atomic E-state index is 0. The summed E-state index contributed by atoms with van der Waals surface area (Å²) in [6.45, 7) is 15.5. The van der Waals surface area contributed by atoms with E-state index < -0.39 is 0 Å². The molecule has 0 unspecified atom stereocenters. The molecule has 2 aromatic rings. The van der Waals surface area contributed by atoms with Crippen molar-refractivity contribution in [3.63, 3.8) is 0 Å². The number of hydrogen-bond donors (Lipinski definition) is 0. The molecule has 0 bridgehead atoms. The molecule has 0 heterocycles. The number of rotatable bonds is 5. The third-order valence-corrected chi connectivity index (χ3v) is 5.55. The van der Waals surface area contributed by atoms with E-state index >= 15 is 0 Å². The summed E-state index contributed by atoms with van der Waals surface area (Å²) >= 11 is 0. The van der Waals surface area contributed by atoms with Gasteiger partial charge in [-0.1, -0.05) is 82.9 Å². The molecule has 0 spiro atoms. The topological polar surface area (TPSA) is 14.1 Å². The molecule has 0 N–H and O–H groups in total. The van der Waals surface area contributed by atoms with Gasteiger partial charge in [-0.25, -0.2) is 0 Å². The molecule has 25 heavy (non-hydrogen) atoms. The van der Waals surface area contributed by atoms with Gasteiger partial charge in [0, 0.05) is 5.30 Å². The van der Waals surface area contributed by atoms with Crippen molar-refractivity contribution in [1.29, 1.82) is 0 Å². The SMILES string of the molecule is Cc1cc(C)c(P=C[N-]c2c(C(C)C)cccc2C(C)C)c(C)c1.[Li+]. The summed E-state index contributed by atoms with van der Waals surface area (Å²) in [6.07, 6.45) is 0. The summed E-state index contributed by atoms with van der Waals surface area (Å²) in [7, 11) is 1.17. The van der Waals surface area contributed by atoms with Crippen molar-refractivity contribution < 1.29 is 18.9 Å². The number of hydrogen-bond acceptors (Lipinski definition) is 0. The molecular weight excluding hydrogens is 316 g/mol. The average Bonchev–Trinajstić information content (AvgIpc) is 2.49. The van der Waals surface area contributed by atoms with Gasteiger partial charge in [0.2, 0.25) is 0 Å². The second-order valence-corrected chi connectivity index (χ2v) is 8.15. The molecule has 0 atom stereocenters. The van der Waals surface area contributed by atoms with Crippen LogP contribution in [0.15, 0.2) is 30.3 Å². The van der Waals surface area contributed by atoms with E-state index in [0.717, 1.165) is 5.69 Å². The second-order valence-electron chi connectivity index (χ2n) is 7.22. The maximum Gasteiger partial charge on any atom is 1.00 e. The van der Waals surface area contributed by atoms with Gasteiger partial charge in [0.15, 0.2) is 0 Å². The quantitative estimate of drug-likeness (QED) is 0.576. The fraction of sp³-hybridized carbons (Fsp3) is 0.409.